The highest BCUT2D eigenvalue weighted by Crippen LogP contribution is 2.27. The summed E-state index contributed by atoms with van der Waals surface area (Å²) < 4.78 is 5.83. The molecule has 1 aliphatic heterocycles. The summed E-state index contributed by atoms with van der Waals surface area (Å²) in [6, 6.07) is 7.62. The second-order valence-electron chi connectivity index (χ2n) is 4.66. The number of ether oxygens (including phenoxy) is 1. The fourth-order valence-corrected chi connectivity index (χ4v) is 2.49. The van der Waals surface area contributed by atoms with Gasteiger partial charge in [-0.05, 0) is 31.5 Å². The quantitative estimate of drug-likeness (QED) is 0.823. The van der Waals surface area contributed by atoms with Crippen molar-refractivity contribution in [1.82, 2.24) is 0 Å². The van der Waals surface area contributed by atoms with Crippen LogP contribution in [0.15, 0.2) is 18.2 Å². The molecule has 1 fully saturated rings. The molecular formula is C14H17ClN2O. The summed E-state index contributed by atoms with van der Waals surface area (Å²) in [5, 5.41) is 9.84. The maximum Gasteiger partial charge on any atom is 0.101 e. The molecule has 1 heterocycles. The molecule has 0 aromatic heterocycles. The van der Waals surface area contributed by atoms with Gasteiger partial charge in [0.15, 0.2) is 0 Å². The number of anilines is 1. The van der Waals surface area contributed by atoms with E-state index < -0.39 is 0 Å². The van der Waals surface area contributed by atoms with Crippen LogP contribution in [0.5, 0.6) is 0 Å². The molecule has 1 aromatic carbocycles. The minimum absolute atomic E-state index is 0.175. The Morgan fingerprint density at radius 2 is 2.28 bits per heavy atom. The van der Waals surface area contributed by atoms with Crippen LogP contribution in [0.1, 0.15) is 25.8 Å². The Morgan fingerprint density at radius 3 is 2.94 bits per heavy atom. The maximum atomic E-state index is 9.18. The van der Waals surface area contributed by atoms with Crippen molar-refractivity contribution < 1.29 is 4.74 Å². The standard InChI is InChI=1S/C14H17ClN2O/c1-3-13-9-17(8-10(2)18-13)14-6-12(15)5-4-11(14)7-16/h4-6,10,13H,3,8-9H2,1-2H3. The zero-order chi connectivity index (χ0) is 13.1. The first-order valence-electron chi connectivity index (χ1n) is 6.24. The molecule has 0 aliphatic carbocycles. The summed E-state index contributed by atoms with van der Waals surface area (Å²) in [5.41, 5.74) is 1.59. The number of morpholine rings is 1. The Labute approximate surface area is 113 Å². The van der Waals surface area contributed by atoms with Gasteiger partial charge < -0.3 is 9.64 Å². The lowest BCUT2D eigenvalue weighted by molar-refractivity contribution is -0.0172. The van der Waals surface area contributed by atoms with Crippen molar-refractivity contribution in [1.29, 1.82) is 5.26 Å². The summed E-state index contributed by atoms with van der Waals surface area (Å²) in [4.78, 5) is 2.20. The van der Waals surface area contributed by atoms with Crippen LogP contribution < -0.4 is 4.90 Å². The molecule has 2 atom stereocenters. The monoisotopic (exact) mass is 264 g/mol. The van der Waals surface area contributed by atoms with E-state index in [-0.39, 0.29) is 12.2 Å². The van der Waals surface area contributed by atoms with Crippen molar-refractivity contribution in [2.75, 3.05) is 18.0 Å². The maximum absolute atomic E-state index is 9.18. The van der Waals surface area contributed by atoms with Gasteiger partial charge in [0.25, 0.3) is 0 Å². The molecule has 0 saturated carbocycles. The molecule has 3 nitrogen and oxygen atoms in total. The molecule has 1 aliphatic rings. The second-order valence-corrected chi connectivity index (χ2v) is 5.09. The summed E-state index contributed by atoms with van der Waals surface area (Å²) in [6.07, 6.45) is 1.37. The van der Waals surface area contributed by atoms with Crippen LogP contribution in [0.3, 0.4) is 0 Å². The van der Waals surface area contributed by atoms with E-state index in [9.17, 15) is 5.26 Å². The average molecular weight is 265 g/mol. The molecular weight excluding hydrogens is 248 g/mol. The van der Waals surface area contributed by atoms with Gasteiger partial charge in [-0.1, -0.05) is 18.5 Å². The highest BCUT2D eigenvalue weighted by atomic mass is 35.5. The summed E-state index contributed by atoms with van der Waals surface area (Å²) in [7, 11) is 0. The lowest BCUT2D eigenvalue weighted by Gasteiger charge is -2.38. The molecule has 0 N–H and O–H groups in total. The van der Waals surface area contributed by atoms with E-state index >= 15 is 0 Å². The van der Waals surface area contributed by atoms with Crippen molar-refractivity contribution in [3.63, 3.8) is 0 Å². The van der Waals surface area contributed by atoms with E-state index in [2.05, 4.69) is 24.8 Å². The summed E-state index contributed by atoms with van der Waals surface area (Å²) in [5.74, 6) is 0. The number of hydrogen-bond donors (Lipinski definition) is 0. The van der Waals surface area contributed by atoms with Crippen LogP contribution in [-0.4, -0.2) is 25.3 Å². The van der Waals surface area contributed by atoms with Crippen LogP contribution in [0.4, 0.5) is 5.69 Å². The Kier molecular flexibility index (Phi) is 4.11. The van der Waals surface area contributed by atoms with Crippen LogP contribution in [0, 0.1) is 11.3 Å². The molecule has 0 amide bonds. The van der Waals surface area contributed by atoms with E-state index in [4.69, 9.17) is 16.3 Å². The van der Waals surface area contributed by atoms with Gasteiger partial charge in [-0.15, -0.1) is 0 Å². The largest absolute Gasteiger partial charge is 0.372 e. The number of halogens is 1. The molecule has 1 saturated heterocycles. The van der Waals surface area contributed by atoms with Crippen LogP contribution in [0.2, 0.25) is 5.02 Å². The topological polar surface area (TPSA) is 36.3 Å². The fourth-order valence-electron chi connectivity index (χ4n) is 2.33. The zero-order valence-electron chi connectivity index (χ0n) is 10.7. The van der Waals surface area contributed by atoms with Gasteiger partial charge >= 0.3 is 0 Å². The average Bonchev–Trinajstić information content (AvgIpc) is 2.38. The van der Waals surface area contributed by atoms with E-state index in [0.717, 1.165) is 25.2 Å². The Morgan fingerprint density at radius 1 is 1.50 bits per heavy atom. The molecule has 96 valence electrons. The molecule has 4 heteroatoms. The number of nitriles is 1. The lowest BCUT2D eigenvalue weighted by atomic mass is 10.1. The van der Waals surface area contributed by atoms with Gasteiger partial charge in [-0.2, -0.15) is 5.26 Å². The highest BCUT2D eigenvalue weighted by Gasteiger charge is 2.25. The minimum Gasteiger partial charge on any atom is -0.372 e. The predicted octanol–water partition coefficient (Wildman–Crippen LogP) is 3.22. The van der Waals surface area contributed by atoms with Gasteiger partial charge in [-0.3, -0.25) is 0 Å². The number of nitrogens with zero attached hydrogens (tertiary/aromatic N) is 2. The van der Waals surface area contributed by atoms with E-state index in [1.807, 2.05) is 6.07 Å². The molecule has 2 rings (SSSR count). The predicted molar refractivity (Wildman–Crippen MR) is 73.0 cm³/mol. The Balaban J connectivity index is 2.30. The molecule has 0 bridgehead atoms. The normalized spacial score (nSPS) is 23.8. The first kappa shape index (κ1) is 13.2. The Bertz CT molecular complexity index is 469. The smallest absolute Gasteiger partial charge is 0.101 e. The molecule has 1 aromatic rings. The van der Waals surface area contributed by atoms with Gasteiger partial charge in [0, 0.05) is 18.1 Å². The van der Waals surface area contributed by atoms with Crippen molar-refractivity contribution in [2.45, 2.75) is 32.5 Å². The van der Waals surface area contributed by atoms with Crippen LogP contribution >= 0.6 is 11.6 Å². The van der Waals surface area contributed by atoms with Crippen molar-refractivity contribution >= 4 is 17.3 Å². The SMILES string of the molecule is CCC1CN(c2cc(Cl)ccc2C#N)CC(C)O1. The lowest BCUT2D eigenvalue weighted by Crippen LogP contribution is -2.46. The molecule has 0 spiro atoms. The third-order valence-electron chi connectivity index (χ3n) is 3.20. The molecule has 2 unspecified atom stereocenters. The fraction of sp³-hybridized carbons (Fsp3) is 0.500. The van der Waals surface area contributed by atoms with Gasteiger partial charge in [0.2, 0.25) is 0 Å². The summed E-state index contributed by atoms with van der Waals surface area (Å²) in [6.45, 7) is 5.79. The Hall–Kier alpha value is -1.24. The van der Waals surface area contributed by atoms with E-state index in [1.165, 1.54) is 0 Å². The minimum atomic E-state index is 0.175. The highest BCUT2D eigenvalue weighted by molar-refractivity contribution is 6.30. The third-order valence-corrected chi connectivity index (χ3v) is 3.44. The van der Waals surface area contributed by atoms with Crippen LogP contribution in [0.25, 0.3) is 0 Å². The van der Waals surface area contributed by atoms with E-state index in [0.29, 0.717) is 10.6 Å². The van der Waals surface area contributed by atoms with E-state index in [1.54, 1.807) is 12.1 Å². The number of hydrogen-bond acceptors (Lipinski definition) is 3. The first-order valence-corrected chi connectivity index (χ1v) is 6.62. The number of rotatable bonds is 2. The number of benzene rings is 1. The third kappa shape index (κ3) is 2.77. The van der Waals surface area contributed by atoms with Gasteiger partial charge in [0.05, 0.1) is 23.5 Å². The van der Waals surface area contributed by atoms with Crippen molar-refractivity contribution in [3.8, 4) is 6.07 Å². The van der Waals surface area contributed by atoms with Crippen molar-refractivity contribution in [2.24, 2.45) is 0 Å². The second kappa shape index (κ2) is 5.60. The molecule has 0 radical (unpaired) electrons. The van der Waals surface area contributed by atoms with Gasteiger partial charge in [-0.25, -0.2) is 0 Å². The van der Waals surface area contributed by atoms with Gasteiger partial charge in [0.1, 0.15) is 6.07 Å². The zero-order valence-corrected chi connectivity index (χ0v) is 11.4. The van der Waals surface area contributed by atoms with Crippen molar-refractivity contribution in [3.05, 3.63) is 28.8 Å². The first-order chi connectivity index (χ1) is 8.63. The summed E-state index contributed by atoms with van der Waals surface area (Å²) >= 11 is 6.03. The van der Waals surface area contributed by atoms with Crippen LogP contribution in [-0.2, 0) is 4.74 Å². The molecule has 18 heavy (non-hydrogen) atoms.